The molecular weight excluding hydrogens is 224 g/mol. The summed E-state index contributed by atoms with van der Waals surface area (Å²) in [5, 5.41) is 11.0. The first-order chi connectivity index (χ1) is 8.09. The van der Waals surface area contributed by atoms with Crippen LogP contribution in [0.5, 0.6) is 0 Å². The van der Waals surface area contributed by atoms with E-state index in [0.29, 0.717) is 10.5 Å². The van der Waals surface area contributed by atoms with Crippen molar-refractivity contribution in [1.29, 1.82) is 0 Å². The molecule has 0 radical (unpaired) electrons. The number of urea groups is 1. The molecule has 88 valence electrons. The van der Waals surface area contributed by atoms with Gasteiger partial charge >= 0.3 is 12.0 Å². The quantitative estimate of drug-likeness (QED) is 0.739. The lowest BCUT2D eigenvalue weighted by Crippen LogP contribution is -2.35. The number of hydrogen-bond donors (Lipinski definition) is 2. The molecule has 0 bridgehead atoms. The maximum absolute atomic E-state index is 11.8. The topological polar surface area (TPSA) is 86.7 Å². The zero-order valence-electron chi connectivity index (χ0n) is 8.79. The maximum atomic E-state index is 11.8. The number of amides is 3. The van der Waals surface area contributed by atoms with Gasteiger partial charge in [0.05, 0.1) is 0 Å². The number of nitrogens with zero attached hydrogens (tertiary/aromatic N) is 1. The van der Waals surface area contributed by atoms with Crippen molar-refractivity contribution in [3.63, 3.8) is 0 Å². The number of hydrogen-bond acceptors (Lipinski definition) is 3. The van der Waals surface area contributed by atoms with Gasteiger partial charge in [-0.2, -0.15) is 0 Å². The summed E-state index contributed by atoms with van der Waals surface area (Å²) in [7, 11) is 0. The van der Waals surface area contributed by atoms with Crippen molar-refractivity contribution < 1.29 is 19.5 Å². The van der Waals surface area contributed by atoms with Crippen molar-refractivity contribution in [2.45, 2.75) is 6.04 Å². The average Bonchev–Trinajstić information content (AvgIpc) is 2.58. The zero-order valence-corrected chi connectivity index (χ0v) is 8.79. The summed E-state index contributed by atoms with van der Waals surface area (Å²) >= 11 is 0. The molecule has 1 fully saturated rings. The third kappa shape index (κ3) is 2.10. The Morgan fingerprint density at radius 3 is 2.53 bits per heavy atom. The third-order valence-corrected chi connectivity index (χ3v) is 2.45. The summed E-state index contributed by atoms with van der Waals surface area (Å²) < 4.78 is 0. The molecule has 1 aliphatic heterocycles. The van der Waals surface area contributed by atoms with Crippen LogP contribution < -0.4 is 5.32 Å². The van der Waals surface area contributed by atoms with Crippen LogP contribution in [-0.2, 0) is 9.59 Å². The van der Waals surface area contributed by atoms with E-state index in [1.165, 1.54) is 0 Å². The maximum Gasteiger partial charge on any atom is 0.325 e. The molecule has 1 heterocycles. The monoisotopic (exact) mass is 234 g/mol. The molecule has 1 atom stereocenters. The van der Waals surface area contributed by atoms with Gasteiger partial charge in [-0.15, -0.1) is 0 Å². The van der Waals surface area contributed by atoms with Gasteiger partial charge in [0.25, 0.3) is 5.91 Å². The fourth-order valence-electron chi connectivity index (χ4n) is 1.68. The highest BCUT2D eigenvalue weighted by Crippen LogP contribution is 2.21. The summed E-state index contributed by atoms with van der Waals surface area (Å²) in [5.41, 5.74) is 0.638. The molecule has 0 aliphatic carbocycles. The van der Waals surface area contributed by atoms with Gasteiger partial charge in [-0.05, 0) is 5.56 Å². The Morgan fingerprint density at radius 2 is 1.94 bits per heavy atom. The largest absolute Gasteiger partial charge is 0.480 e. The second-order valence-corrected chi connectivity index (χ2v) is 3.61. The van der Waals surface area contributed by atoms with Crippen molar-refractivity contribution in [1.82, 2.24) is 10.2 Å². The van der Waals surface area contributed by atoms with Gasteiger partial charge in [0.2, 0.25) is 0 Å². The predicted molar refractivity (Wildman–Crippen MR) is 57.1 cm³/mol. The standard InChI is InChI=1S/C11H10N2O4/c14-8(15)6-13-10(16)9(12-11(13)17)7-4-2-1-3-5-7/h1-5,9H,6H2,(H,12,17)(H,14,15)/t9-/m1/s1. The second-order valence-electron chi connectivity index (χ2n) is 3.61. The number of carbonyl (C=O) groups is 3. The number of benzene rings is 1. The van der Waals surface area contributed by atoms with Crippen molar-refractivity contribution in [3.05, 3.63) is 35.9 Å². The van der Waals surface area contributed by atoms with E-state index in [9.17, 15) is 14.4 Å². The summed E-state index contributed by atoms with van der Waals surface area (Å²) in [6, 6.07) is 7.22. The van der Waals surface area contributed by atoms with Crippen molar-refractivity contribution in [2.24, 2.45) is 0 Å². The van der Waals surface area contributed by atoms with Crippen molar-refractivity contribution in [3.8, 4) is 0 Å². The van der Waals surface area contributed by atoms with Crippen LogP contribution in [0.1, 0.15) is 11.6 Å². The number of carbonyl (C=O) groups excluding carboxylic acids is 2. The van der Waals surface area contributed by atoms with Gasteiger partial charge in [0.15, 0.2) is 0 Å². The molecule has 0 aromatic heterocycles. The molecule has 0 saturated carbocycles. The molecule has 2 N–H and O–H groups in total. The molecule has 17 heavy (non-hydrogen) atoms. The molecule has 1 aromatic carbocycles. The van der Waals surface area contributed by atoms with Crippen LogP contribution in [0.4, 0.5) is 4.79 Å². The summed E-state index contributed by atoms with van der Waals surface area (Å²) in [4.78, 5) is 34.5. The number of aliphatic carboxylic acids is 1. The number of carboxylic acids is 1. The first kappa shape index (κ1) is 11.1. The van der Waals surface area contributed by atoms with E-state index in [1.807, 2.05) is 0 Å². The molecular formula is C11H10N2O4. The van der Waals surface area contributed by atoms with Crippen LogP contribution in [0.25, 0.3) is 0 Å². The molecule has 3 amide bonds. The lowest BCUT2D eigenvalue weighted by Gasteiger charge is -2.09. The molecule has 6 nitrogen and oxygen atoms in total. The predicted octanol–water partition coefficient (Wildman–Crippen LogP) is 0.364. The first-order valence-corrected chi connectivity index (χ1v) is 4.98. The smallest absolute Gasteiger partial charge is 0.325 e. The Balaban J connectivity index is 2.22. The average molecular weight is 234 g/mol. The lowest BCUT2D eigenvalue weighted by atomic mass is 10.1. The molecule has 0 unspecified atom stereocenters. The van der Waals surface area contributed by atoms with E-state index in [0.717, 1.165) is 0 Å². The second kappa shape index (κ2) is 4.25. The molecule has 0 spiro atoms. The highest BCUT2D eigenvalue weighted by Gasteiger charge is 2.39. The number of nitrogens with one attached hydrogen (secondary N) is 1. The van der Waals surface area contributed by atoms with Crippen LogP contribution in [0.15, 0.2) is 30.3 Å². The molecule has 1 saturated heterocycles. The van der Waals surface area contributed by atoms with Gasteiger partial charge in [-0.3, -0.25) is 14.5 Å². The number of carboxylic acid groups (broad SMARTS) is 1. The number of rotatable bonds is 3. The fourth-order valence-corrected chi connectivity index (χ4v) is 1.68. The van der Waals surface area contributed by atoms with Gasteiger partial charge in [0.1, 0.15) is 12.6 Å². The van der Waals surface area contributed by atoms with E-state index in [-0.39, 0.29) is 0 Å². The lowest BCUT2D eigenvalue weighted by molar-refractivity contribution is -0.141. The van der Waals surface area contributed by atoms with E-state index in [2.05, 4.69) is 5.32 Å². The van der Waals surface area contributed by atoms with Crippen LogP contribution in [0, 0.1) is 0 Å². The minimum Gasteiger partial charge on any atom is -0.480 e. The fraction of sp³-hybridized carbons (Fsp3) is 0.182. The Hall–Kier alpha value is -2.37. The summed E-state index contributed by atoms with van der Waals surface area (Å²) in [6.45, 7) is -0.617. The van der Waals surface area contributed by atoms with Crippen molar-refractivity contribution >= 4 is 17.9 Å². The van der Waals surface area contributed by atoms with Crippen molar-refractivity contribution in [2.75, 3.05) is 6.54 Å². The Kier molecular flexibility index (Phi) is 2.78. The highest BCUT2D eigenvalue weighted by molar-refractivity contribution is 6.06. The Labute approximate surface area is 96.8 Å². The molecule has 2 rings (SSSR count). The van der Waals surface area contributed by atoms with Gasteiger partial charge in [0, 0.05) is 0 Å². The van der Waals surface area contributed by atoms with E-state index < -0.39 is 30.5 Å². The van der Waals surface area contributed by atoms with E-state index >= 15 is 0 Å². The van der Waals surface area contributed by atoms with Crippen LogP contribution >= 0.6 is 0 Å². The molecule has 6 heteroatoms. The normalized spacial score (nSPS) is 19.3. The number of imide groups is 1. The zero-order chi connectivity index (χ0) is 12.4. The first-order valence-electron chi connectivity index (χ1n) is 4.98. The van der Waals surface area contributed by atoms with Crippen LogP contribution in [0.3, 0.4) is 0 Å². The summed E-state index contributed by atoms with van der Waals surface area (Å²) in [5.74, 6) is -1.76. The van der Waals surface area contributed by atoms with Crippen LogP contribution in [-0.4, -0.2) is 34.5 Å². The highest BCUT2D eigenvalue weighted by atomic mass is 16.4. The third-order valence-electron chi connectivity index (χ3n) is 2.45. The van der Waals surface area contributed by atoms with E-state index in [1.54, 1.807) is 30.3 Å². The Morgan fingerprint density at radius 1 is 1.29 bits per heavy atom. The molecule has 1 aromatic rings. The Bertz CT molecular complexity index is 472. The van der Waals surface area contributed by atoms with Crippen LogP contribution in [0.2, 0.25) is 0 Å². The SMILES string of the molecule is O=C(O)CN1C(=O)N[C@H](c2ccccc2)C1=O. The van der Waals surface area contributed by atoms with Gasteiger partial charge in [-0.25, -0.2) is 4.79 Å². The van der Waals surface area contributed by atoms with E-state index in [4.69, 9.17) is 5.11 Å². The van der Waals surface area contributed by atoms with Gasteiger partial charge in [-0.1, -0.05) is 30.3 Å². The summed E-state index contributed by atoms with van der Waals surface area (Å²) in [6.07, 6.45) is 0. The minimum atomic E-state index is -1.22. The minimum absolute atomic E-state index is 0.538. The molecule has 1 aliphatic rings. The van der Waals surface area contributed by atoms with Gasteiger partial charge < -0.3 is 10.4 Å².